The maximum atomic E-state index is 11.2. The number of carbonyl (C=O) groups is 1. The van der Waals surface area contributed by atoms with Crippen molar-refractivity contribution in [3.05, 3.63) is 63.2 Å². The Kier molecular flexibility index (Phi) is 3.86. The van der Waals surface area contributed by atoms with Crippen molar-refractivity contribution < 1.29 is 19.6 Å². The van der Waals surface area contributed by atoms with Crippen LogP contribution in [-0.2, 0) is 0 Å². The van der Waals surface area contributed by atoms with E-state index in [1.807, 2.05) is 0 Å². The lowest BCUT2D eigenvalue weighted by Crippen LogP contribution is -2.02. The quantitative estimate of drug-likeness (QED) is 0.685. The van der Waals surface area contributed by atoms with Crippen LogP contribution in [0, 0.1) is 10.1 Å². The van der Waals surface area contributed by atoms with Crippen LogP contribution in [0.2, 0.25) is 5.02 Å². The van der Waals surface area contributed by atoms with E-state index in [1.165, 1.54) is 36.4 Å². The van der Waals surface area contributed by atoms with E-state index in [4.69, 9.17) is 21.4 Å². The number of carboxylic acids is 1. The third-order valence-electron chi connectivity index (χ3n) is 2.47. The van der Waals surface area contributed by atoms with Crippen molar-refractivity contribution in [3.63, 3.8) is 0 Å². The maximum Gasteiger partial charge on any atom is 0.341 e. The molecule has 0 bridgehead atoms. The van der Waals surface area contributed by atoms with E-state index in [9.17, 15) is 14.9 Å². The molecule has 0 heterocycles. The van der Waals surface area contributed by atoms with E-state index in [0.29, 0.717) is 0 Å². The Bertz CT molecular complexity index is 686. The lowest BCUT2D eigenvalue weighted by molar-refractivity contribution is -0.385. The normalized spacial score (nSPS) is 10.1. The van der Waals surface area contributed by atoms with Gasteiger partial charge in [-0.3, -0.25) is 10.1 Å². The van der Waals surface area contributed by atoms with Gasteiger partial charge in [0.15, 0.2) is 0 Å². The molecule has 20 heavy (non-hydrogen) atoms. The lowest BCUT2D eigenvalue weighted by atomic mass is 10.2. The molecule has 0 saturated heterocycles. The first kappa shape index (κ1) is 13.8. The highest BCUT2D eigenvalue weighted by atomic mass is 35.5. The van der Waals surface area contributed by atoms with E-state index in [2.05, 4.69) is 0 Å². The lowest BCUT2D eigenvalue weighted by Gasteiger charge is -2.09. The number of benzene rings is 2. The molecule has 2 aromatic rings. The molecule has 0 fully saturated rings. The molecule has 0 aromatic heterocycles. The van der Waals surface area contributed by atoms with Crippen molar-refractivity contribution in [3.8, 4) is 11.5 Å². The minimum atomic E-state index is -1.27. The van der Waals surface area contributed by atoms with Crippen molar-refractivity contribution >= 4 is 23.3 Å². The summed E-state index contributed by atoms with van der Waals surface area (Å²) in [5.41, 5.74) is -0.504. The Labute approximate surface area is 118 Å². The summed E-state index contributed by atoms with van der Waals surface area (Å²) in [7, 11) is 0. The van der Waals surface area contributed by atoms with Gasteiger partial charge in [0.2, 0.25) is 5.75 Å². The zero-order chi connectivity index (χ0) is 14.7. The second-order valence-corrected chi connectivity index (χ2v) is 4.15. The van der Waals surface area contributed by atoms with Gasteiger partial charge in [-0.15, -0.1) is 0 Å². The average Bonchev–Trinajstić information content (AvgIpc) is 2.38. The first-order valence-corrected chi connectivity index (χ1v) is 5.81. The third kappa shape index (κ3) is 2.70. The van der Waals surface area contributed by atoms with Crippen molar-refractivity contribution in [2.24, 2.45) is 0 Å². The number of para-hydroxylation sites is 2. The zero-order valence-corrected chi connectivity index (χ0v) is 10.7. The van der Waals surface area contributed by atoms with Crippen LogP contribution in [0.5, 0.6) is 11.5 Å². The van der Waals surface area contributed by atoms with Gasteiger partial charge in [0, 0.05) is 6.07 Å². The highest BCUT2D eigenvalue weighted by Crippen LogP contribution is 2.34. The van der Waals surface area contributed by atoms with E-state index in [0.717, 1.165) is 0 Å². The molecule has 7 heteroatoms. The summed E-state index contributed by atoms with van der Waals surface area (Å²) in [6.07, 6.45) is 0. The molecule has 0 atom stereocenters. The van der Waals surface area contributed by atoms with Gasteiger partial charge in [0.25, 0.3) is 0 Å². The third-order valence-corrected chi connectivity index (χ3v) is 2.79. The molecule has 0 radical (unpaired) electrons. The predicted molar refractivity (Wildman–Crippen MR) is 71.6 cm³/mol. The SMILES string of the molecule is O=C(O)c1c(Cl)cccc1Oc1ccccc1[N+](=O)[O-]. The van der Waals surface area contributed by atoms with Crippen molar-refractivity contribution in [1.82, 2.24) is 0 Å². The summed E-state index contributed by atoms with van der Waals surface area (Å²) in [6.45, 7) is 0. The second-order valence-electron chi connectivity index (χ2n) is 3.75. The summed E-state index contributed by atoms with van der Waals surface area (Å²) in [5, 5.41) is 20.0. The van der Waals surface area contributed by atoms with Crippen molar-refractivity contribution in [2.45, 2.75) is 0 Å². The summed E-state index contributed by atoms with van der Waals surface area (Å²) >= 11 is 5.80. The van der Waals surface area contributed by atoms with E-state index < -0.39 is 10.9 Å². The van der Waals surface area contributed by atoms with Gasteiger partial charge < -0.3 is 9.84 Å². The van der Waals surface area contributed by atoms with Gasteiger partial charge in [0.1, 0.15) is 11.3 Å². The summed E-state index contributed by atoms with van der Waals surface area (Å²) in [5.74, 6) is -1.38. The minimum absolute atomic E-state index is 0.00594. The molecule has 0 aliphatic rings. The van der Waals surface area contributed by atoms with Gasteiger partial charge in [-0.1, -0.05) is 29.8 Å². The fourth-order valence-corrected chi connectivity index (χ4v) is 1.86. The molecule has 0 aliphatic heterocycles. The summed E-state index contributed by atoms with van der Waals surface area (Å²) < 4.78 is 5.34. The van der Waals surface area contributed by atoms with E-state index in [-0.39, 0.29) is 27.8 Å². The van der Waals surface area contributed by atoms with E-state index >= 15 is 0 Å². The van der Waals surface area contributed by atoms with Crippen LogP contribution in [-0.4, -0.2) is 16.0 Å². The number of nitrogens with zero attached hydrogens (tertiary/aromatic N) is 1. The molecule has 1 N–H and O–H groups in total. The molecule has 0 amide bonds. The molecule has 2 rings (SSSR count). The number of hydrogen-bond acceptors (Lipinski definition) is 4. The fraction of sp³-hybridized carbons (Fsp3) is 0. The number of ether oxygens (including phenoxy) is 1. The number of nitro benzene ring substituents is 1. The molecule has 6 nitrogen and oxygen atoms in total. The number of aromatic carboxylic acids is 1. The van der Waals surface area contributed by atoms with Crippen LogP contribution in [0.25, 0.3) is 0 Å². The van der Waals surface area contributed by atoms with Crippen LogP contribution >= 0.6 is 11.6 Å². The van der Waals surface area contributed by atoms with Gasteiger partial charge >= 0.3 is 11.7 Å². The highest BCUT2D eigenvalue weighted by Gasteiger charge is 2.20. The Morgan fingerprint density at radius 1 is 1.15 bits per heavy atom. The first-order chi connectivity index (χ1) is 9.50. The molecule has 2 aromatic carbocycles. The average molecular weight is 294 g/mol. The van der Waals surface area contributed by atoms with Crippen LogP contribution in [0.4, 0.5) is 5.69 Å². The molecule has 0 saturated carbocycles. The fourth-order valence-electron chi connectivity index (χ4n) is 1.61. The maximum absolute atomic E-state index is 11.2. The van der Waals surface area contributed by atoms with Gasteiger partial charge in [-0.25, -0.2) is 4.79 Å². The monoisotopic (exact) mass is 293 g/mol. The number of nitro groups is 1. The summed E-state index contributed by atoms with van der Waals surface area (Å²) in [6, 6.07) is 9.96. The highest BCUT2D eigenvalue weighted by molar-refractivity contribution is 6.33. The van der Waals surface area contributed by atoms with Crippen LogP contribution in [0.3, 0.4) is 0 Å². The molecule has 0 spiro atoms. The first-order valence-electron chi connectivity index (χ1n) is 5.44. The topological polar surface area (TPSA) is 89.7 Å². The number of hydrogen-bond donors (Lipinski definition) is 1. The van der Waals surface area contributed by atoms with Crippen molar-refractivity contribution in [1.29, 1.82) is 0 Å². The summed E-state index contributed by atoms with van der Waals surface area (Å²) in [4.78, 5) is 21.4. The van der Waals surface area contributed by atoms with Gasteiger partial charge in [-0.05, 0) is 18.2 Å². The Morgan fingerprint density at radius 2 is 1.80 bits per heavy atom. The smallest absolute Gasteiger partial charge is 0.341 e. The second kappa shape index (κ2) is 5.58. The van der Waals surface area contributed by atoms with E-state index in [1.54, 1.807) is 6.07 Å². The number of halogens is 1. The minimum Gasteiger partial charge on any atom is -0.478 e. The number of carboxylic acid groups (broad SMARTS) is 1. The van der Waals surface area contributed by atoms with Crippen LogP contribution in [0.1, 0.15) is 10.4 Å². The molecule has 102 valence electrons. The van der Waals surface area contributed by atoms with Gasteiger partial charge in [-0.2, -0.15) is 0 Å². The van der Waals surface area contributed by atoms with Crippen LogP contribution < -0.4 is 4.74 Å². The zero-order valence-electron chi connectivity index (χ0n) is 9.95. The molecular formula is C13H8ClNO5. The molecular weight excluding hydrogens is 286 g/mol. The number of rotatable bonds is 4. The van der Waals surface area contributed by atoms with Gasteiger partial charge in [0.05, 0.1) is 9.95 Å². The standard InChI is InChI=1S/C13H8ClNO5/c14-8-4-3-7-11(12(8)13(16)17)20-10-6-2-1-5-9(10)15(18)19/h1-7H,(H,16,17). The Morgan fingerprint density at radius 3 is 2.45 bits per heavy atom. The predicted octanol–water partition coefficient (Wildman–Crippen LogP) is 3.74. The molecule has 0 aliphatic carbocycles. The molecule has 0 unspecified atom stereocenters. The Hall–Kier alpha value is -2.60. The Balaban J connectivity index is 2.49. The van der Waals surface area contributed by atoms with Crippen LogP contribution in [0.15, 0.2) is 42.5 Å². The van der Waals surface area contributed by atoms with Crippen molar-refractivity contribution in [2.75, 3.05) is 0 Å². The largest absolute Gasteiger partial charge is 0.478 e.